The van der Waals surface area contributed by atoms with E-state index in [0.29, 0.717) is 11.3 Å². The molecule has 0 aliphatic heterocycles. The average Bonchev–Trinajstić information content (AvgIpc) is 3.17. The van der Waals surface area contributed by atoms with Gasteiger partial charge in [-0.1, -0.05) is 0 Å². The van der Waals surface area contributed by atoms with Gasteiger partial charge in [0, 0.05) is 17.7 Å². The van der Waals surface area contributed by atoms with Crippen molar-refractivity contribution in [1.82, 2.24) is 9.55 Å². The summed E-state index contributed by atoms with van der Waals surface area (Å²) in [6, 6.07) is 11.2. The highest BCUT2D eigenvalue weighted by Gasteiger charge is 2.39. The van der Waals surface area contributed by atoms with E-state index in [0.717, 1.165) is 16.7 Å². The molecule has 0 spiro atoms. The molecule has 35 heavy (non-hydrogen) atoms. The predicted octanol–water partition coefficient (Wildman–Crippen LogP) is 4.36. The molecule has 0 saturated carbocycles. The summed E-state index contributed by atoms with van der Waals surface area (Å²) in [6.07, 6.45) is -8.59. The maximum Gasteiger partial charge on any atom is 0.449 e. The number of hydrogen-bond donors (Lipinski definition) is 3. The molecular formula is C24H24F4N2O5. The number of methoxy groups -OCH3 is 1. The molecule has 0 aliphatic carbocycles. The van der Waals surface area contributed by atoms with Gasteiger partial charge in [0.25, 0.3) is 0 Å². The summed E-state index contributed by atoms with van der Waals surface area (Å²) in [5.74, 6) is -2.54. The van der Waals surface area contributed by atoms with Gasteiger partial charge < -0.3 is 24.6 Å². The van der Waals surface area contributed by atoms with Crippen molar-refractivity contribution < 1.29 is 42.4 Å². The molecule has 0 bridgehead atoms. The summed E-state index contributed by atoms with van der Waals surface area (Å²) in [7, 11) is 1.45. The summed E-state index contributed by atoms with van der Waals surface area (Å²) in [5.41, 5.74) is 0.722. The number of carbonyl (C=O) groups is 1. The Morgan fingerprint density at radius 1 is 1.03 bits per heavy atom. The van der Waals surface area contributed by atoms with Crippen LogP contribution in [0.1, 0.15) is 25.1 Å². The minimum atomic E-state index is -4.84. The van der Waals surface area contributed by atoms with E-state index in [-0.39, 0.29) is 36.3 Å². The van der Waals surface area contributed by atoms with Crippen LogP contribution in [0, 0.1) is 5.82 Å². The van der Waals surface area contributed by atoms with E-state index in [1.54, 1.807) is 24.3 Å². The molecular weight excluding hydrogens is 472 g/mol. The monoisotopic (exact) mass is 496 g/mol. The summed E-state index contributed by atoms with van der Waals surface area (Å²) < 4.78 is 61.6. The smallest absolute Gasteiger partial charge is 0.449 e. The van der Waals surface area contributed by atoms with Gasteiger partial charge in [-0.2, -0.15) is 13.2 Å². The summed E-state index contributed by atoms with van der Waals surface area (Å²) >= 11 is 0. The maximum absolute atomic E-state index is 14.0. The fraction of sp³-hybridized carbons (Fsp3) is 0.333. The Hall–Kier alpha value is -3.44. The standard InChI is InChI=1S/C24H24F4N2O5/c1-35-19-8-4-14(5-9-19)21-22(15-2-6-16(25)7-3-15)30(23(29-21)24(26,27)28)11-10-17(31)12-18(32)13-20(33)34/h2-9,17-18,31-32H,10-13H2,1H3,(H,33,34)/t17-,18-/m1/s1. The predicted molar refractivity (Wildman–Crippen MR) is 118 cm³/mol. The van der Waals surface area contributed by atoms with Gasteiger partial charge in [0.2, 0.25) is 5.82 Å². The molecule has 2 aromatic carbocycles. The molecule has 3 aromatic rings. The van der Waals surface area contributed by atoms with Gasteiger partial charge in [0.05, 0.1) is 37.1 Å². The molecule has 0 saturated heterocycles. The van der Waals surface area contributed by atoms with E-state index in [2.05, 4.69) is 4.98 Å². The molecule has 0 unspecified atom stereocenters. The van der Waals surface area contributed by atoms with E-state index >= 15 is 0 Å². The number of aliphatic hydroxyl groups is 2. The zero-order chi connectivity index (χ0) is 25.8. The molecule has 0 aliphatic rings. The fourth-order valence-corrected chi connectivity index (χ4v) is 3.73. The van der Waals surface area contributed by atoms with Crippen molar-refractivity contribution in [3.05, 3.63) is 60.2 Å². The highest BCUT2D eigenvalue weighted by Crippen LogP contribution is 2.39. The van der Waals surface area contributed by atoms with Crippen molar-refractivity contribution >= 4 is 5.97 Å². The van der Waals surface area contributed by atoms with E-state index < -0.39 is 42.4 Å². The Labute approximate surface area is 198 Å². The second kappa shape index (κ2) is 10.9. The minimum absolute atomic E-state index is 0.00647. The van der Waals surface area contributed by atoms with Crippen LogP contribution in [0.15, 0.2) is 48.5 Å². The molecule has 0 fully saturated rings. The van der Waals surface area contributed by atoms with Gasteiger partial charge in [0.15, 0.2) is 0 Å². The van der Waals surface area contributed by atoms with Crippen LogP contribution in [0.4, 0.5) is 17.6 Å². The second-order valence-corrected chi connectivity index (χ2v) is 7.95. The molecule has 3 N–H and O–H groups in total. The van der Waals surface area contributed by atoms with Gasteiger partial charge in [-0.05, 0) is 61.4 Å². The number of halogens is 4. The van der Waals surface area contributed by atoms with Crippen molar-refractivity contribution in [3.63, 3.8) is 0 Å². The Morgan fingerprint density at radius 2 is 1.63 bits per heavy atom. The van der Waals surface area contributed by atoms with Gasteiger partial charge in [0.1, 0.15) is 11.6 Å². The first kappa shape index (κ1) is 26.2. The van der Waals surface area contributed by atoms with Crippen LogP contribution >= 0.6 is 0 Å². The van der Waals surface area contributed by atoms with E-state index in [1.165, 1.54) is 19.2 Å². The Bertz CT molecular complexity index is 1140. The Kier molecular flexibility index (Phi) is 8.13. The maximum atomic E-state index is 14.0. The third-order valence-electron chi connectivity index (χ3n) is 5.34. The van der Waals surface area contributed by atoms with Gasteiger partial charge in [-0.15, -0.1) is 0 Å². The van der Waals surface area contributed by atoms with Gasteiger partial charge in [-0.25, -0.2) is 9.37 Å². The third kappa shape index (κ3) is 6.58. The molecule has 0 amide bonds. The largest absolute Gasteiger partial charge is 0.497 e. The minimum Gasteiger partial charge on any atom is -0.497 e. The number of nitrogens with zero attached hydrogens (tertiary/aromatic N) is 2. The van der Waals surface area contributed by atoms with Crippen LogP contribution in [0.5, 0.6) is 5.75 Å². The lowest BCUT2D eigenvalue weighted by Gasteiger charge is -2.18. The number of aliphatic carboxylic acids is 1. The van der Waals surface area contributed by atoms with Crippen molar-refractivity contribution in [3.8, 4) is 28.3 Å². The molecule has 1 aromatic heterocycles. The number of alkyl halides is 3. The van der Waals surface area contributed by atoms with E-state index in [1.807, 2.05) is 0 Å². The molecule has 3 rings (SSSR count). The van der Waals surface area contributed by atoms with Crippen molar-refractivity contribution in [1.29, 1.82) is 0 Å². The first-order valence-corrected chi connectivity index (χ1v) is 10.7. The molecule has 7 nitrogen and oxygen atoms in total. The van der Waals surface area contributed by atoms with Gasteiger partial charge in [-0.3, -0.25) is 4.79 Å². The quantitative estimate of drug-likeness (QED) is 0.361. The SMILES string of the molecule is COc1ccc(-c2nc(C(F)(F)F)n(CC[C@@H](O)C[C@@H](O)CC(=O)O)c2-c2ccc(F)cc2)cc1. The molecule has 188 valence electrons. The van der Waals surface area contributed by atoms with Crippen LogP contribution in [0.25, 0.3) is 22.5 Å². The van der Waals surface area contributed by atoms with Crippen LogP contribution in [-0.2, 0) is 17.5 Å². The second-order valence-electron chi connectivity index (χ2n) is 7.95. The molecule has 1 heterocycles. The Balaban J connectivity index is 2.06. The number of ether oxygens (including phenoxy) is 1. The number of benzene rings is 2. The molecule has 0 radical (unpaired) electrons. The normalized spacial score (nSPS) is 13.5. The number of carboxylic acid groups (broad SMARTS) is 1. The van der Waals surface area contributed by atoms with Crippen molar-refractivity contribution in [2.45, 2.75) is 44.2 Å². The summed E-state index contributed by atoms with van der Waals surface area (Å²) in [5, 5.41) is 28.7. The highest BCUT2D eigenvalue weighted by atomic mass is 19.4. The Morgan fingerprint density at radius 3 is 2.17 bits per heavy atom. The lowest BCUT2D eigenvalue weighted by molar-refractivity contribution is -0.147. The van der Waals surface area contributed by atoms with Crippen LogP contribution in [0.2, 0.25) is 0 Å². The average molecular weight is 496 g/mol. The van der Waals surface area contributed by atoms with E-state index in [9.17, 15) is 32.6 Å². The van der Waals surface area contributed by atoms with Crippen LogP contribution in [0.3, 0.4) is 0 Å². The molecule has 11 heteroatoms. The number of hydrogen-bond acceptors (Lipinski definition) is 5. The zero-order valence-corrected chi connectivity index (χ0v) is 18.7. The third-order valence-corrected chi connectivity index (χ3v) is 5.34. The van der Waals surface area contributed by atoms with Crippen molar-refractivity contribution in [2.75, 3.05) is 7.11 Å². The van der Waals surface area contributed by atoms with Crippen LogP contribution < -0.4 is 4.74 Å². The fourth-order valence-electron chi connectivity index (χ4n) is 3.73. The summed E-state index contributed by atoms with van der Waals surface area (Å²) in [4.78, 5) is 14.6. The number of aromatic nitrogens is 2. The lowest BCUT2D eigenvalue weighted by Crippen LogP contribution is -2.23. The van der Waals surface area contributed by atoms with Crippen molar-refractivity contribution in [2.24, 2.45) is 0 Å². The zero-order valence-electron chi connectivity index (χ0n) is 18.7. The molecule has 2 atom stereocenters. The first-order valence-electron chi connectivity index (χ1n) is 10.7. The van der Waals surface area contributed by atoms with Gasteiger partial charge >= 0.3 is 12.1 Å². The topological polar surface area (TPSA) is 105 Å². The first-order chi connectivity index (χ1) is 16.5. The number of imidazole rings is 1. The van der Waals surface area contributed by atoms with Crippen LogP contribution in [-0.4, -0.2) is 50.2 Å². The lowest BCUT2D eigenvalue weighted by atomic mass is 10.0. The highest BCUT2D eigenvalue weighted by molar-refractivity contribution is 5.79. The summed E-state index contributed by atoms with van der Waals surface area (Å²) in [6.45, 7) is -0.342. The number of carboxylic acids is 1. The van der Waals surface area contributed by atoms with E-state index in [4.69, 9.17) is 9.84 Å². The number of aliphatic hydroxyl groups excluding tert-OH is 2. The number of rotatable bonds is 10.